The van der Waals surface area contributed by atoms with Crippen molar-refractivity contribution < 1.29 is 14.3 Å². The van der Waals surface area contributed by atoms with Gasteiger partial charge in [-0.25, -0.2) is 0 Å². The third-order valence-electron chi connectivity index (χ3n) is 4.29. The first-order valence-corrected chi connectivity index (χ1v) is 9.63. The molecule has 1 fully saturated rings. The van der Waals surface area contributed by atoms with Gasteiger partial charge < -0.3 is 24.6 Å². The summed E-state index contributed by atoms with van der Waals surface area (Å²) in [5, 5.41) is 3.00. The normalized spacial score (nSPS) is 15.8. The lowest BCUT2D eigenvalue weighted by Gasteiger charge is -2.32. The quantitative estimate of drug-likeness (QED) is 0.528. The summed E-state index contributed by atoms with van der Waals surface area (Å²) in [5.41, 5.74) is 0. The van der Waals surface area contributed by atoms with Gasteiger partial charge in [0.2, 0.25) is 5.91 Å². The Labute approximate surface area is 154 Å². The zero-order valence-corrected chi connectivity index (χ0v) is 16.2. The fourth-order valence-corrected chi connectivity index (χ4v) is 3.46. The third-order valence-corrected chi connectivity index (χ3v) is 5.29. The molecule has 1 aromatic rings. The van der Waals surface area contributed by atoms with Gasteiger partial charge in [0.05, 0.1) is 20.0 Å². The number of likely N-dealkylation sites (N-methyl/N-ethyl adjacent to an activating group) is 1. The number of carbonyl (C=O) groups excluding carboxylic acids is 1. The summed E-state index contributed by atoms with van der Waals surface area (Å²) in [6, 6.07) is 5.69. The molecule has 0 atom stereocenters. The molecule has 140 valence electrons. The maximum atomic E-state index is 12.0. The fourth-order valence-electron chi connectivity index (χ4n) is 2.71. The molecule has 0 bridgehead atoms. The summed E-state index contributed by atoms with van der Waals surface area (Å²) >= 11 is 1.50. The number of carbonyl (C=O) groups is 1. The van der Waals surface area contributed by atoms with E-state index in [-0.39, 0.29) is 5.91 Å². The van der Waals surface area contributed by atoms with Gasteiger partial charge in [0.15, 0.2) is 11.5 Å². The molecule has 0 aliphatic carbocycles. The predicted molar refractivity (Wildman–Crippen MR) is 102 cm³/mol. The molecule has 1 heterocycles. The Morgan fingerprint density at radius 2 is 1.88 bits per heavy atom. The number of nitrogens with one attached hydrogen (secondary N) is 1. The van der Waals surface area contributed by atoms with Crippen molar-refractivity contribution in [1.82, 2.24) is 15.1 Å². The number of thioether (sulfide) groups is 1. The van der Waals surface area contributed by atoms with Gasteiger partial charge in [-0.1, -0.05) is 0 Å². The molecule has 6 nitrogen and oxygen atoms in total. The van der Waals surface area contributed by atoms with Crippen molar-refractivity contribution in [2.24, 2.45) is 0 Å². The van der Waals surface area contributed by atoms with E-state index in [1.807, 2.05) is 18.2 Å². The van der Waals surface area contributed by atoms with Crippen LogP contribution in [0.15, 0.2) is 23.1 Å². The van der Waals surface area contributed by atoms with E-state index >= 15 is 0 Å². The van der Waals surface area contributed by atoms with E-state index in [9.17, 15) is 4.79 Å². The van der Waals surface area contributed by atoms with E-state index in [1.165, 1.54) is 11.8 Å². The monoisotopic (exact) mass is 367 g/mol. The van der Waals surface area contributed by atoms with Crippen LogP contribution in [0.2, 0.25) is 0 Å². The summed E-state index contributed by atoms with van der Waals surface area (Å²) in [6.45, 7) is 6.30. The zero-order chi connectivity index (χ0) is 18.1. The molecule has 0 unspecified atom stereocenters. The highest BCUT2D eigenvalue weighted by molar-refractivity contribution is 8.00. The molecule has 1 saturated heterocycles. The highest BCUT2D eigenvalue weighted by Crippen LogP contribution is 2.31. The Balaban J connectivity index is 1.62. The SMILES string of the molecule is COc1ccc(SCC(=O)NCCCN2CCN(C)CC2)cc1OC. The van der Waals surface area contributed by atoms with Gasteiger partial charge in [-0.15, -0.1) is 11.8 Å². The first kappa shape index (κ1) is 19.9. The van der Waals surface area contributed by atoms with Crippen molar-refractivity contribution in [3.05, 3.63) is 18.2 Å². The molecule has 1 aliphatic heterocycles. The van der Waals surface area contributed by atoms with Crippen LogP contribution in [0.25, 0.3) is 0 Å². The molecule has 0 radical (unpaired) electrons. The number of hydrogen-bond acceptors (Lipinski definition) is 6. The molecule has 1 aliphatic rings. The minimum Gasteiger partial charge on any atom is -0.493 e. The molecule has 0 spiro atoms. The Bertz CT molecular complexity index is 548. The molecular weight excluding hydrogens is 338 g/mol. The number of amides is 1. The lowest BCUT2D eigenvalue weighted by molar-refractivity contribution is -0.118. The van der Waals surface area contributed by atoms with Crippen LogP contribution in [0.5, 0.6) is 11.5 Å². The van der Waals surface area contributed by atoms with E-state index in [4.69, 9.17) is 9.47 Å². The minimum absolute atomic E-state index is 0.0677. The maximum absolute atomic E-state index is 12.0. The Morgan fingerprint density at radius 3 is 2.56 bits per heavy atom. The molecular formula is C18H29N3O3S. The van der Waals surface area contributed by atoms with Crippen LogP contribution in [0, 0.1) is 0 Å². The highest BCUT2D eigenvalue weighted by atomic mass is 32.2. The molecule has 0 saturated carbocycles. The van der Waals surface area contributed by atoms with Gasteiger partial charge in [0.1, 0.15) is 0 Å². The molecule has 7 heteroatoms. The first-order valence-electron chi connectivity index (χ1n) is 8.65. The van der Waals surface area contributed by atoms with Crippen LogP contribution in [-0.4, -0.2) is 82.0 Å². The lowest BCUT2D eigenvalue weighted by Crippen LogP contribution is -2.45. The second-order valence-electron chi connectivity index (χ2n) is 6.15. The van der Waals surface area contributed by atoms with Crippen LogP contribution in [0.4, 0.5) is 0 Å². The number of methoxy groups -OCH3 is 2. The average Bonchev–Trinajstić information content (AvgIpc) is 2.64. The Hall–Kier alpha value is -1.44. The summed E-state index contributed by atoms with van der Waals surface area (Å²) in [5.74, 6) is 1.85. The predicted octanol–water partition coefficient (Wildman–Crippen LogP) is 1.55. The largest absolute Gasteiger partial charge is 0.493 e. The van der Waals surface area contributed by atoms with Crippen LogP contribution < -0.4 is 14.8 Å². The number of hydrogen-bond donors (Lipinski definition) is 1. The fraction of sp³-hybridized carbons (Fsp3) is 0.611. The average molecular weight is 368 g/mol. The summed E-state index contributed by atoms with van der Waals surface area (Å²) < 4.78 is 10.5. The maximum Gasteiger partial charge on any atom is 0.230 e. The zero-order valence-electron chi connectivity index (χ0n) is 15.4. The summed E-state index contributed by atoms with van der Waals surface area (Å²) in [4.78, 5) is 17.8. The number of nitrogens with zero attached hydrogens (tertiary/aromatic N) is 2. The van der Waals surface area contributed by atoms with Gasteiger partial charge in [0, 0.05) is 37.6 Å². The molecule has 0 aromatic heterocycles. The Kier molecular flexibility index (Phi) is 8.37. The summed E-state index contributed by atoms with van der Waals surface area (Å²) in [7, 11) is 5.38. The summed E-state index contributed by atoms with van der Waals surface area (Å²) in [6.07, 6.45) is 0.997. The van der Waals surface area contributed by atoms with Gasteiger partial charge in [-0.3, -0.25) is 4.79 Å². The standard InChI is InChI=1S/C18H29N3O3S/c1-20-9-11-21(12-10-20)8-4-7-19-18(22)14-25-15-5-6-16(23-2)17(13-15)24-3/h5-6,13H,4,7-12,14H2,1-3H3,(H,19,22). The number of rotatable bonds is 9. The van der Waals surface area contributed by atoms with Crippen molar-refractivity contribution in [1.29, 1.82) is 0 Å². The van der Waals surface area contributed by atoms with E-state index in [0.717, 1.165) is 50.6 Å². The third kappa shape index (κ3) is 6.76. The van der Waals surface area contributed by atoms with E-state index in [1.54, 1.807) is 14.2 Å². The first-order chi connectivity index (χ1) is 12.1. The van der Waals surface area contributed by atoms with Gasteiger partial charge >= 0.3 is 0 Å². The van der Waals surface area contributed by atoms with Crippen LogP contribution >= 0.6 is 11.8 Å². The van der Waals surface area contributed by atoms with Crippen molar-refractivity contribution >= 4 is 17.7 Å². The van der Waals surface area contributed by atoms with Crippen LogP contribution in [0.1, 0.15) is 6.42 Å². The van der Waals surface area contributed by atoms with Crippen LogP contribution in [0.3, 0.4) is 0 Å². The second-order valence-corrected chi connectivity index (χ2v) is 7.20. The van der Waals surface area contributed by atoms with E-state index in [0.29, 0.717) is 17.3 Å². The smallest absolute Gasteiger partial charge is 0.230 e. The molecule has 1 amide bonds. The molecule has 1 aromatic carbocycles. The second kappa shape index (κ2) is 10.5. The van der Waals surface area contributed by atoms with Gasteiger partial charge in [0.25, 0.3) is 0 Å². The molecule has 1 N–H and O–H groups in total. The highest BCUT2D eigenvalue weighted by Gasteiger charge is 2.13. The molecule has 25 heavy (non-hydrogen) atoms. The van der Waals surface area contributed by atoms with E-state index < -0.39 is 0 Å². The Morgan fingerprint density at radius 1 is 1.16 bits per heavy atom. The van der Waals surface area contributed by atoms with E-state index in [2.05, 4.69) is 22.2 Å². The van der Waals surface area contributed by atoms with Crippen molar-refractivity contribution in [2.75, 3.05) is 66.3 Å². The van der Waals surface area contributed by atoms with Crippen molar-refractivity contribution in [3.63, 3.8) is 0 Å². The number of piperazine rings is 1. The topological polar surface area (TPSA) is 54.0 Å². The van der Waals surface area contributed by atoms with Gasteiger partial charge in [-0.2, -0.15) is 0 Å². The van der Waals surface area contributed by atoms with Crippen LogP contribution in [-0.2, 0) is 4.79 Å². The minimum atomic E-state index is 0.0677. The lowest BCUT2D eigenvalue weighted by atomic mass is 10.3. The van der Waals surface area contributed by atoms with Gasteiger partial charge in [-0.05, 0) is 38.2 Å². The number of ether oxygens (including phenoxy) is 2. The van der Waals surface area contributed by atoms with Crippen molar-refractivity contribution in [2.45, 2.75) is 11.3 Å². The number of benzene rings is 1. The molecule has 2 rings (SSSR count). The van der Waals surface area contributed by atoms with Crippen molar-refractivity contribution in [3.8, 4) is 11.5 Å².